The van der Waals surface area contributed by atoms with Gasteiger partial charge in [0.15, 0.2) is 5.96 Å². The maximum absolute atomic E-state index is 13.1. The van der Waals surface area contributed by atoms with Crippen LogP contribution in [0.5, 0.6) is 0 Å². The molecular weight excluding hydrogens is 481 g/mol. The van der Waals surface area contributed by atoms with Crippen molar-refractivity contribution in [3.05, 3.63) is 30.1 Å². The van der Waals surface area contributed by atoms with Gasteiger partial charge in [-0.25, -0.2) is 4.39 Å². The monoisotopic (exact) mass is 503 g/mol. The van der Waals surface area contributed by atoms with Crippen molar-refractivity contribution < 1.29 is 22.4 Å². The molecule has 1 amide bonds. The number of guanidine groups is 1. The number of likely N-dealkylation sites (tertiary alicyclic amines) is 1. The highest BCUT2D eigenvalue weighted by Gasteiger charge is 2.34. The summed E-state index contributed by atoms with van der Waals surface area (Å²) < 4.78 is 50.3. The normalized spacial score (nSPS) is 18.0. The fourth-order valence-corrected chi connectivity index (χ4v) is 2.67. The van der Waals surface area contributed by atoms with Gasteiger partial charge in [-0.1, -0.05) is 6.07 Å². The minimum absolute atomic E-state index is 0. The predicted molar refractivity (Wildman–Crippen MR) is 106 cm³/mol. The number of halogens is 5. The van der Waals surface area contributed by atoms with Gasteiger partial charge in [0.25, 0.3) is 0 Å². The molecule has 1 atom stereocenters. The van der Waals surface area contributed by atoms with Gasteiger partial charge < -0.3 is 16.0 Å². The SMILES string of the molecule is CN=C(NCC(=O)Nc1cccc(F)c1)NC1CCN(CC(F)(F)F)C1.I. The molecule has 0 aromatic heterocycles. The van der Waals surface area contributed by atoms with E-state index in [1.807, 2.05) is 0 Å². The van der Waals surface area contributed by atoms with Crippen molar-refractivity contribution in [3.63, 3.8) is 0 Å². The molecule has 1 saturated heterocycles. The highest BCUT2D eigenvalue weighted by atomic mass is 127. The third-order valence-electron chi connectivity index (χ3n) is 3.76. The molecule has 0 aliphatic carbocycles. The highest BCUT2D eigenvalue weighted by Crippen LogP contribution is 2.19. The van der Waals surface area contributed by atoms with Crippen LogP contribution in [0.3, 0.4) is 0 Å². The predicted octanol–water partition coefficient (Wildman–Crippen LogP) is 2.18. The Morgan fingerprint density at radius 1 is 1.37 bits per heavy atom. The lowest BCUT2D eigenvalue weighted by Gasteiger charge is -2.19. The van der Waals surface area contributed by atoms with Crippen molar-refractivity contribution in [2.24, 2.45) is 4.99 Å². The number of alkyl halides is 3. The number of carbonyl (C=O) groups excluding carboxylic acids is 1. The van der Waals surface area contributed by atoms with Crippen LogP contribution in [0.4, 0.5) is 23.2 Å². The molecule has 1 heterocycles. The first-order valence-electron chi connectivity index (χ1n) is 8.07. The molecule has 1 unspecified atom stereocenters. The van der Waals surface area contributed by atoms with E-state index in [-0.39, 0.29) is 43.1 Å². The number of hydrogen-bond donors (Lipinski definition) is 3. The van der Waals surface area contributed by atoms with Gasteiger partial charge in [-0.2, -0.15) is 13.2 Å². The molecule has 1 aromatic carbocycles. The van der Waals surface area contributed by atoms with Crippen molar-refractivity contribution in [2.45, 2.75) is 18.6 Å². The molecule has 27 heavy (non-hydrogen) atoms. The van der Waals surface area contributed by atoms with E-state index in [4.69, 9.17) is 0 Å². The first-order chi connectivity index (χ1) is 12.2. The zero-order chi connectivity index (χ0) is 19.2. The average molecular weight is 503 g/mol. The minimum atomic E-state index is -4.22. The van der Waals surface area contributed by atoms with Gasteiger partial charge in [0, 0.05) is 31.9 Å². The second-order valence-corrected chi connectivity index (χ2v) is 5.96. The zero-order valence-corrected chi connectivity index (χ0v) is 17.0. The molecule has 3 N–H and O–H groups in total. The van der Waals surface area contributed by atoms with E-state index >= 15 is 0 Å². The fraction of sp³-hybridized carbons (Fsp3) is 0.500. The maximum atomic E-state index is 13.1. The minimum Gasteiger partial charge on any atom is -0.352 e. The van der Waals surface area contributed by atoms with Crippen LogP contribution in [-0.4, -0.2) is 62.2 Å². The number of hydrogen-bond acceptors (Lipinski definition) is 3. The summed E-state index contributed by atoms with van der Waals surface area (Å²) in [6, 6.07) is 5.31. The summed E-state index contributed by atoms with van der Waals surface area (Å²) in [5.41, 5.74) is 0.332. The molecule has 1 aliphatic heterocycles. The lowest BCUT2D eigenvalue weighted by molar-refractivity contribution is -0.143. The Kier molecular flexibility index (Phi) is 9.22. The van der Waals surface area contributed by atoms with E-state index < -0.39 is 24.4 Å². The molecule has 152 valence electrons. The van der Waals surface area contributed by atoms with Crippen LogP contribution in [0.25, 0.3) is 0 Å². The van der Waals surface area contributed by atoms with Crippen molar-refractivity contribution in [1.82, 2.24) is 15.5 Å². The summed E-state index contributed by atoms with van der Waals surface area (Å²) >= 11 is 0. The van der Waals surface area contributed by atoms with E-state index in [0.717, 1.165) is 0 Å². The smallest absolute Gasteiger partial charge is 0.352 e. The Hall–Kier alpha value is -1.63. The molecule has 1 aromatic rings. The number of nitrogens with one attached hydrogen (secondary N) is 3. The second-order valence-electron chi connectivity index (χ2n) is 5.96. The van der Waals surface area contributed by atoms with Gasteiger partial charge in [0.05, 0.1) is 13.1 Å². The van der Waals surface area contributed by atoms with E-state index in [1.54, 1.807) is 6.07 Å². The standard InChI is InChI=1S/C16H21F4N5O.HI/c1-21-15(24-13-5-6-25(9-13)10-16(18,19)20)22-8-14(26)23-12-4-2-3-11(17)7-12;/h2-4,7,13H,5-6,8-10H2,1H3,(H,23,26)(H2,21,22,24);1H. The molecular formula is C16H22F4IN5O. The van der Waals surface area contributed by atoms with Crippen LogP contribution in [0.1, 0.15) is 6.42 Å². The number of rotatable bonds is 5. The van der Waals surface area contributed by atoms with Crippen molar-refractivity contribution in [3.8, 4) is 0 Å². The van der Waals surface area contributed by atoms with Gasteiger partial charge >= 0.3 is 6.18 Å². The lowest BCUT2D eigenvalue weighted by atomic mass is 10.3. The Morgan fingerprint density at radius 3 is 2.74 bits per heavy atom. The highest BCUT2D eigenvalue weighted by molar-refractivity contribution is 14.0. The lowest BCUT2D eigenvalue weighted by Crippen LogP contribution is -2.47. The van der Waals surface area contributed by atoms with Crippen LogP contribution in [-0.2, 0) is 4.79 Å². The topological polar surface area (TPSA) is 68.8 Å². The van der Waals surface area contributed by atoms with Crippen LogP contribution in [0, 0.1) is 5.82 Å². The Bertz CT molecular complexity index is 656. The van der Waals surface area contributed by atoms with Crippen molar-refractivity contribution in [1.29, 1.82) is 0 Å². The van der Waals surface area contributed by atoms with Gasteiger partial charge in [0.1, 0.15) is 5.82 Å². The molecule has 0 spiro atoms. The third kappa shape index (κ3) is 8.73. The fourth-order valence-electron chi connectivity index (χ4n) is 2.67. The number of anilines is 1. The van der Waals surface area contributed by atoms with Gasteiger partial charge in [0.2, 0.25) is 5.91 Å². The number of nitrogens with zero attached hydrogens (tertiary/aromatic N) is 2. The third-order valence-corrected chi connectivity index (χ3v) is 3.76. The van der Waals surface area contributed by atoms with Gasteiger partial charge in [-0.05, 0) is 24.6 Å². The van der Waals surface area contributed by atoms with Gasteiger partial charge in [-0.15, -0.1) is 24.0 Å². The van der Waals surface area contributed by atoms with Crippen LogP contribution >= 0.6 is 24.0 Å². The number of amides is 1. The molecule has 1 aliphatic rings. The number of carbonyl (C=O) groups is 1. The zero-order valence-electron chi connectivity index (χ0n) is 14.6. The van der Waals surface area contributed by atoms with Crippen LogP contribution < -0.4 is 16.0 Å². The Morgan fingerprint density at radius 2 is 2.11 bits per heavy atom. The molecule has 6 nitrogen and oxygen atoms in total. The van der Waals surface area contributed by atoms with E-state index in [1.165, 1.54) is 30.1 Å². The molecule has 0 radical (unpaired) electrons. The first kappa shape index (κ1) is 23.4. The first-order valence-corrected chi connectivity index (χ1v) is 8.07. The molecule has 0 bridgehead atoms. The molecule has 0 saturated carbocycles. The maximum Gasteiger partial charge on any atom is 0.401 e. The summed E-state index contributed by atoms with van der Waals surface area (Å²) in [4.78, 5) is 17.2. The van der Waals surface area contributed by atoms with Gasteiger partial charge in [-0.3, -0.25) is 14.7 Å². The summed E-state index contributed by atoms with van der Waals surface area (Å²) in [5, 5.41) is 8.32. The largest absolute Gasteiger partial charge is 0.401 e. The summed E-state index contributed by atoms with van der Waals surface area (Å²) in [7, 11) is 1.50. The molecule has 2 rings (SSSR count). The second kappa shape index (κ2) is 10.6. The van der Waals surface area contributed by atoms with Crippen LogP contribution in [0.15, 0.2) is 29.3 Å². The Labute approximate surface area is 171 Å². The van der Waals surface area contributed by atoms with E-state index in [2.05, 4.69) is 20.9 Å². The number of benzene rings is 1. The average Bonchev–Trinajstić information content (AvgIpc) is 2.96. The van der Waals surface area contributed by atoms with E-state index in [9.17, 15) is 22.4 Å². The summed E-state index contributed by atoms with van der Waals surface area (Å²) in [5.74, 6) is -0.542. The van der Waals surface area contributed by atoms with Crippen molar-refractivity contribution >= 4 is 41.5 Å². The Balaban J connectivity index is 0.00000364. The quantitative estimate of drug-likeness (QED) is 0.250. The van der Waals surface area contributed by atoms with Crippen molar-refractivity contribution in [2.75, 3.05) is 38.5 Å². The molecule has 1 fully saturated rings. The summed E-state index contributed by atoms with van der Waals surface area (Å²) in [6.45, 7) is -0.466. The summed E-state index contributed by atoms with van der Waals surface area (Å²) in [6.07, 6.45) is -3.67. The number of aliphatic imine (C=N–C) groups is 1. The molecule has 11 heteroatoms. The van der Waals surface area contributed by atoms with E-state index in [0.29, 0.717) is 24.6 Å². The van der Waals surface area contributed by atoms with Crippen LogP contribution in [0.2, 0.25) is 0 Å².